The van der Waals surface area contributed by atoms with Gasteiger partial charge >= 0.3 is 12.1 Å². The summed E-state index contributed by atoms with van der Waals surface area (Å²) in [4.78, 5) is 57.6. The van der Waals surface area contributed by atoms with E-state index in [1.165, 1.54) is 12.1 Å². The van der Waals surface area contributed by atoms with Crippen LogP contribution >= 0.6 is 0 Å². The second-order valence-corrected chi connectivity index (χ2v) is 9.53. The molecular formula is C23H28N2O6. The third kappa shape index (κ3) is 4.16. The number of fused-ring (bicyclic) bond motifs is 1. The van der Waals surface area contributed by atoms with Crippen LogP contribution in [0, 0.1) is 11.8 Å². The number of hydroxylamine groups is 2. The van der Waals surface area contributed by atoms with Crippen LogP contribution in [0.5, 0.6) is 0 Å². The van der Waals surface area contributed by atoms with Gasteiger partial charge in [-0.05, 0) is 64.5 Å². The summed E-state index contributed by atoms with van der Waals surface area (Å²) in [6, 6.07) is 6.38. The van der Waals surface area contributed by atoms with Gasteiger partial charge in [0, 0.05) is 12.6 Å². The lowest BCUT2D eigenvalue weighted by molar-refractivity contribution is -0.176. The zero-order valence-corrected chi connectivity index (χ0v) is 18.1. The molecule has 1 aliphatic carbocycles. The number of rotatable bonds is 3. The molecule has 4 rings (SSSR count). The number of ether oxygens (including phenoxy) is 1. The van der Waals surface area contributed by atoms with E-state index in [9.17, 15) is 19.2 Å². The molecule has 1 aromatic carbocycles. The van der Waals surface area contributed by atoms with E-state index in [4.69, 9.17) is 9.57 Å². The number of likely N-dealkylation sites (tertiary alicyclic amines) is 1. The Hall–Kier alpha value is -2.90. The zero-order valence-electron chi connectivity index (χ0n) is 18.1. The monoisotopic (exact) mass is 428 g/mol. The van der Waals surface area contributed by atoms with Crippen molar-refractivity contribution in [2.75, 3.05) is 6.54 Å². The molecular weight excluding hydrogens is 400 g/mol. The van der Waals surface area contributed by atoms with Crippen LogP contribution in [-0.4, -0.2) is 52.0 Å². The summed E-state index contributed by atoms with van der Waals surface area (Å²) >= 11 is 0. The van der Waals surface area contributed by atoms with E-state index >= 15 is 0 Å². The molecule has 1 saturated carbocycles. The molecule has 0 aromatic heterocycles. The topological polar surface area (TPSA) is 93.2 Å². The summed E-state index contributed by atoms with van der Waals surface area (Å²) in [5.41, 5.74) is -0.219. The predicted molar refractivity (Wildman–Crippen MR) is 110 cm³/mol. The van der Waals surface area contributed by atoms with Gasteiger partial charge in [-0.2, -0.15) is 0 Å². The number of carbonyl (C=O) groups is 4. The largest absolute Gasteiger partial charge is 0.444 e. The molecule has 1 saturated heterocycles. The molecule has 8 heteroatoms. The van der Waals surface area contributed by atoms with Gasteiger partial charge in [0.05, 0.1) is 17.0 Å². The van der Waals surface area contributed by atoms with Crippen molar-refractivity contribution in [1.82, 2.24) is 9.96 Å². The van der Waals surface area contributed by atoms with Crippen LogP contribution in [0.2, 0.25) is 0 Å². The minimum Gasteiger partial charge on any atom is -0.444 e. The lowest BCUT2D eigenvalue weighted by Crippen LogP contribution is -2.54. The van der Waals surface area contributed by atoms with Crippen LogP contribution in [0.15, 0.2) is 24.3 Å². The Labute approximate surface area is 181 Å². The molecule has 1 aromatic rings. The maximum Gasteiger partial charge on any atom is 0.410 e. The van der Waals surface area contributed by atoms with Crippen LogP contribution < -0.4 is 0 Å². The van der Waals surface area contributed by atoms with Crippen LogP contribution in [0.4, 0.5) is 4.79 Å². The van der Waals surface area contributed by atoms with Gasteiger partial charge in [-0.25, -0.2) is 9.59 Å². The van der Waals surface area contributed by atoms with Gasteiger partial charge in [0.1, 0.15) is 5.60 Å². The lowest BCUT2D eigenvalue weighted by atomic mass is 9.75. The van der Waals surface area contributed by atoms with Crippen molar-refractivity contribution >= 4 is 23.9 Å². The number of piperidine rings is 1. The Morgan fingerprint density at radius 1 is 0.968 bits per heavy atom. The Kier molecular flexibility index (Phi) is 5.49. The van der Waals surface area contributed by atoms with Crippen molar-refractivity contribution in [2.45, 2.75) is 64.5 Å². The first kappa shape index (κ1) is 21.3. The Morgan fingerprint density at radius 3 is 2.10 bits per heavy atom. The van der Waals surface area contributed by atoms with Gasteiger partial charge in [0.2, 0.25) is 0 Å². The van der Waals surface area contributed by atoms with E-state index in [0.29, 0.717) is 23.8 Å². The lowest BCUT2D eigenvalue weighted by Gasteiger charge is -2.45. The van der Waals surface area contributed by atoms with Crippen molar-refractivity contribution in [3.05, 3.63) is 35.4 Å². The number of imide groups is 1. The van der Waals surface area contributed by atoms with Gasteiger partial charge in [-0.1, -0.05) is 23.6 Å². The van der Waals surface area contributed by atoms with Gasteiger partial charge in [-0.3, -0.25) is 9.59 Å². The molecule has 3 aliphatic rings. The molecule has 0 spiro atoms. The van der Waals surface area contributed by atoms with Crippen LogP contribution in [0.3, 0.4) is 0 Å². The number of hydrogen-bond donors (Lipinski definition) is 0. The zero-order chi connectivity index (χ0) is 22.3. The summed E-state index contributed by atoms with van der Waals surface area (Å²) in [5, 5.41) is 0.531. The first-order valence-corrected chi connectivity index (χ1v) is 10.8. The van der Waals surface area contributed by atoms with Crippen LogP contribution in [0.25, 0.3) is 0 Å². The highest BCUT2D eigenvalue weighted by atomic mass is 16.7. The molecule has 2 aliphatic heterocycles. The highest BCUT2D eigenvalue weighted by Gasteiger charge is 2.44. The quantitative estimate of drug-likeness (QED) is 0.684. The third-order valence-electron chi connectivity index (χ3n) is 6.22. The summed E-state index contributed by atoms with van der Waals surface area (Å²) in [6.07, 6.45) is 4.02. The van der Waals surface area contributed by atoms with E-state index in [0.717, 1.165) is 19.3 Å². The molecule has 31 heavy (non-hydrogen) atoms. The summed E-state index contributed by atoms with van der Waals surface area (Å²) in [5.74, 6) is -2.20. The van der Waals surface area contributed by atoms with E-state index in [1.807, 2.05) is 0 Å². The number of amides is 3. The minimum atomic E-state index is -0.685. The maximum atomic E-state index is 12.9. The summed E-state index contributed by atoms with van der Waals surface area (Å²) in [7, 11) is 0. The van der Waals surface area contributed by atoms with Gasteiger partial charge in [0.25, 0.3) is 11.8 Å². The third-order valence-corrected chi connectivity index (χ3v) is 6.22. The predicted octanol–water partition coefficient (Wildman–Crippen LogP) is 3.56. The molecule has 0 radical (unpaired) electrons. The molecule has 0 unspecified atom stereocenters. The molecule has 2 atom stereocenters. The van der Waals surface area contributed by atoms with Crippen LogP contribution in [0.1, 0.15) is 73.6 Å². The van der Waals surface area contributed by atoms with Gasteiger partial charge < -0.3 is 14.5 Å². The second-order valence-electron chi connectivity index (χ2n) is 9.53. The van der Waals surface area contributed by atoms with E-state index in [2.05, 4.69) is 0 Å². The van der Waals surface area contributed by atoms with Crippen molar-refractivity contribution in [3.63, 3.8) is 0 Å². The van der Waals surface area contributed by atoms with Crippen molar-refractivity contribution in [1.29, 1.82) is 0 Å². The fourth-order valence-corrected chi connectivity index (χ4v) is 4.44. The maximum absolute atomic E-state index is 12.9. The fourth-order valence-electron chi connectivity index (χ4n) is 4.44. The van der Waals surface area contributed by atoms with E-state index < -0.39 is 35.4 Å². The number of nitrogens with zero attached hydrogens (tertiary/aromatic N) is 2. The number of hydrogen-bond acceptors (Lipinski definition) is 6. The highest BCUT2D eigenvalue weighted by Crippen LogP contribution is 2.38. The molecule has 0 bridgehead atoms. The number of carbonyl (C=O) groups excluding carboxylic acids is 4. The Morgan fingerprint density at radius 2 is 1.58 bits per heavy atom. The average molecular weight is 428 g/mol. The molecule has 0 N–H and O–H groups in total. The van der Waals surface area contributed by atoms with Crippen molar-refractivity contribution in [2.24, 2.45) is 11.8 Å². The molecule has 2 heterocycles. The minimum absolute atomic E-state index is 0.0342. The first-order chi connectivity index (χ1) is 14.7. The molecule has 166 valence electrons. The normalized spacial score (nSPS) is 24.0. The van der Waals surface area contributed by atoms with E-state index in [1.54, 1.807) is 37.8 Å². The van der Waals surface area contributed by atoms with Gasteiger partial charge in [-0.15, -0.1) is 0 Å². The smallest absolute Gasteiger partial charge is 0.410 e. The first-order valence-electron chi connectivity index (χ1n) is 10.8. The average Bonchev–Trinajstić information content (AvgIpc) is 2.91. The summed E-state index contributed by atoms with van der Waals surface area (Å²) < 4.78 is 5.58. The second kappa shape index (κ2) is 7.98. The van der Waals surface area contributed by atoms with Crippen molar-refractivity contribution < 1.29 is 28.8 Å². The molecule has 3 amide bonds. The Balaban J connectivity index is 1.46. The van der Waals surface area contributed by atoms with Gasteiger partial charge in [0.15, 0.2) is 0 Å². The SMILES string of the molecule is CC(C)(C)OC(=O)N1C[C@H](C(=O)ON2C(=O)c3ccccc3C2=O)CC[C@H]1C1CCC1. The van der Waals surface area contributed by atoms with E-state index in [-0.39, 0.29) is 23.7 Å². The van der Waals surface area contributed by atoms with Crippen LogP contribution in [-0.2, 0) is 14.4 Å². The Bertz CT molecular complexity index is 882. The van der Waals surface area contributed by atoms with Crippen molar-refractivity contribution in [3.8, 4) is 0 Å². The molecule has 8 nitrogen and oxygen atoms in total. The standard InChI is InChI=1S/C23H28N2O6/c1-23(2,3)30-22(29)24-13-15(11-12-18(24)14-7-6-8-14)21(28)31-25-19(26)16-9-4-5-10-17(16)20(25)27/h4-5,9-10,14-15,18H,6-8,11-13H2,1-3H3/t15-,18+/m1/s1. The highest BCUT2D eigenvalue weighted by molar-refractivity contribution is 6.20. The molecule has 2 fully saturated rings. The number of benzene rings is 1. The fraction of sp³-hybridized carbons (Fsp3) is 0.565. The summed E-state index contributed by atoms with van der Waals surface area (Å²) in [6.45, 7) is 5.57.